The van der Waals surface area contributed by atoms with Crippen molar-refractivity contribution >= 4 is 47.4 Å². The monoisotopic (exact) mass is 582 g/mol. The van der Waals surface area contributed by atoms with E-state index in [9.17, 15) is 20.2 Å². The van der Waals surface area contributed by atoms with Crippen molar-refractivity contribution in [1.82, 2.24) is 0 Å². The van der Waals surface area contributed by atoms with Crippen LogP contribution in [0.1, 0.15) is 1.43 Å². The predicted molar refractivity (Wildman–Crippen MR) is 150 cm³/mol. The number of nitro groups is 2. The molecule has 0 radical (unpaired) electrons. The second kappa shape index (κ2) is 17.7. The zero-order chi connectivity index (χ0) is 27.2. The molecule has 194 valence electrons. The molecule has 4 aromatic rings. The Bertz CT molecular complexity index is 1320. The molecular weight excluding hydrogens is 559 g/mol. The first-order chi connectivity index (χ1) is 17.7. The Balaban J connectivity index is 0.000000596. The number of methoxy groups -OCH3 is 2. The van der Waals surface area contributed by atoms with Crippen molar-refractivity contribution in [3.63, 3.8) is 0 Å². The van der Waals surface area contributed by atoms with Crippen molar-refractivity contribution in [2.75, 3.05) is 14.2 Å². The standard InChI is InChI=1S/C13H11NO3S.C7H6ClNO3.C6H6S.Na.H/c1-17-13-9-11(7-8-12(13)14(15)16)18-10-5-3-2-4-6-10;1-12-7-4-5(8)2-3-6(7)9(10)11;7-6-4-2-1-3-5-6;;/h2-9H,1H3;2-4H,1H3;1-5,7H;;/q;;;+1;-1. The third-order valence-corrected chi connectivity index (χ3v) is 5.95. The Morgan fingerprint density at radius 3 is 1.66 bits per heavy atom. The van der Waals surface area contributed by atoms with Gasteiger partial charge in [-0.25, -0.2) is 0 Å². The van der Waals surface area contributed by atoms with Crippen LogP contribution in [-0.4, -0.2) is 24.1 Å². The van der Waals surface area contributed by atoms with Crippen molar-refractivity contribution in [2.24, 2.45) is 0 Å². The van der Waals surface area contributed by atoms with E-state index in [-0.39, 0.29) is 53.9 Å². The summed E-state index contributed by atoms with van der Waals surface area (Å²) in [5.74, 6) is 0.452. The number of thiol groups is 1. The fourth-order valence-corrected chi connectivity index (χ4v) is 3.93. The number of ether oxygens (including phenoxy) is 2. The van der Waals surface area contributed by atoms with Crippen molar-refractivity contribution in [3.8, 4) is 11.5 Å². The fraction of sp³-hybridized carbons (Fsp3) is 0.0769. The molecule has 38 heavy (non-hydrogen) atoms. The van der Waals surface area contributed by atoms with E-state index in [2.05, 4.69) is 12.6 Å². The van der Waals surface area contributed by atoms with Gasteiger partial charge in [0.2, 0.25) is 0 Å². The molecular formula is C26H24ClN2NaO6S2. The molecule has 8 nitrogen and oxygen atoms in total. The smallest absolute Gasteiger partial charge is 1.00 e. The van der Waals surface area contributed by atoms with Gasteiger partial charge in [-0.3, -0.25) is 20.2 Å². The average Bonchev–Trinajstić information content (AvgIpc) is 2.90. The summed E-state index contributed by atoms with van der Waals surface area (Å²) in [7, 11) is 2.79. The number of halogens is 1. The molecule has 0 spiro atoms. The summed E-state index contributed by atoms with van der Waals surface area (Å²) >= 11 is 11.2. The molecule has 0 saturated heterocycles. The second-order valence-corrected chi connectivity index (χ2v) is 9.01. The van der Waals surface area contributed by atoms with Gasteiger partial charge in [-0.2, -0.15) is 0 Å². The molecule has 0 fully saturated rings. The maximum Gasteiger partial charge on any atom is 1.00 e. The summed E-state index contributed by atoms with van der Waals surface area (Å²) in [5, 5.41) is 21.6. The molecule has 0 aliphatic carbocycles. The van der Waals surface area contributed by atoms with Crippen molar-refractivity contribution in [1.29, 1.82) is 0 Å². The molecule has 12 heteroatoms. The minimum atomic E-state index is -0.519. The van der Waals surface area contributed by atoms with Crippen LogP contribution in [0.3, 0.4) is 0 Å². The van der Waals surface area contributed by atoms with Crippen LogP contribution in [-0.2, 0) is 0 Å². The molecule has 4 aromatic carbocycles. The number of nitro benzene ring substituents is 2. The summed E-state index contributed by atoms with van der Waals surface area (Å²) < 4.78 is 9.79. The summed E-state index contributed by atoms with van der Waals surface area (Å²) in [5.41, 5.74) is -0.100. The van der Waals surface area contributed by atoms with E-state index in [1.54, 1.807) is 12.1 Å². The maximum absolute atomic E-state index is 10.8. The summed E-state index contributed by atoms with van der Waals surface area (Å²) in [4.78, 5) is 23.2. The number of hydrogen-bond donors (Lipinski definition) is 1. The van der Waals surface area contributed by atoms with Crippen LogP contribution in [0.15, 0.2) is 112 Å². The van der Waals surface area contributed by atoms with Crippen LogP contribution < -0.4 is 39.0 Å². The minimum Gasteiger partial charge on any atom is -1.00 e. The molecule has 0 unspecified atom stereocenters. The van der Waals surface area contributed by atoms with Crippen molar-refractivity contribution in [3.05, 3.63) is 122 Å². The van der Waals surface area contributed by atoms with Crippen molar-refractivity contribution < 1.29 is 50.3 Å². The third-order valence-electron chi connectivity index (χ3n) is 4.42. The van der Waals surface area contributed by atoms with E-state index in [1.807, 2.05) is 60.7 Å². The SMILES string of the molecule is COc1cc(Cl)ccc1[N+](=O)[O-].COc1cc(Sc2ccccc2)ccc1[N+](=O)[O-].Sc1ccccc1.[H-].[Na+]. The normalized spacial score (nSPS) is 9.37. The van der Waals surface area contributed by atoms with E-state index in [1.165, 1.54) is 50.2 Å². The Labute approximate surface area is 258 Å². The molecule has 0 N–H and O–H groups in total. The Morgan fingerprint density at radius 2 is 1.21 bits per heavy atom. The summed E-state index contributed by atoms with van der Waals surface area (Å²) in [6.45, 7) is 0. The first kappa shape index (κ1) is 33.3. The van der Waals surface area contributed by atoms with Crippen molar-refractivity contribution in [2.45, 2.75) is 14.7 Å². The first-order valence-electron chi connectivity index (χ1n) is 10.5. The Hall–Kier alpha value is -2.73. The van der Waals surface area contributed by atoms with Crippen LogP contribution in [0.4, 0.5) is 11.4 Å². The molecule has 4 rings (SSSR count). The molecule has 0 aliphatic heterocycles. The van der Waals surface area contributed by atoms with Gasteiger partial charge in [-0.15, -0.1) is 12.6 Å². The minimum absolute atomic E-state index is 0. The van der Waals surface area contributed by atoms with E-state index in [0.29, 0.717) is 5.02 Å². The van der Waals surface area contributed by atoms with Crippen LogP contribution in [0.2, 0.25) is 5.02 Å². The zero-order valence-electron chi connectivity index (χ0n) is 21.8. The van der Waals surface area contributed by atoms with E-state index < -0.39 is 9.85 Å². The Kier molecular flexibility index (Phi) is 15.5. The van der Waals surface area contributed by atoms with Crippen LogP contribution >= 0.6 is 36.0 Å². The average molecular weight is 583 g/mol. The van der Waals surface area contributed by atoms with Crippen LogP contribution in [0, 0.1) is 20.2 Å². The first-order valence-corrected chi connectivity index (χ1v) is 12.2. The number of hydrogen-bond acceptors (Lipinski definition) is 8. The third kappa shape index (κ3) is 11.3. The largest absolute Gasteiger partial charge is 1.00 e. The second-order valence-electron chi connectivity index (χ2n) is 6.91. The van der Waals surface area contributed by atoms with E-state index >= 15 is 0 Å². The topological polar surface area (TPSA) is 105 Å². The van der Waals surface area contributed by atoms with Gasteiger partial charge in [0.05, 0.1) is 24.1 Å². The van der Waals surface area contributed by atoms with Gasteiger partial charge < -0.3 is 10.9 Å². The molecule has 0 atom stereocenters. The fourth-order valence-electron chi connectivity index (χ4n) is 2.73. The number of nitrogens with zero attached hydrogens (tertiary/aromatic N) is 2. The van der Waals surface area contributed by atoms with Crippen LogP contribution in [0.25, 0.3) is 0 Å². The molecule has 0 amide bonds. The van der Waals surface area contributed by atoms with Crippen LogP contribution in [0.5, 0.6) is 11.5 Å². The predicted octanol–water partition coefficient (Wildman–Crippen LogP) is 5.10. The van der Waals surface area contributed by atoms with Gasteiger partial charge in [-0.05, 0) is 36.4 Å². The number of benzene rings is 4. The van der Waals surface area contributed by atoms with Gasteiger partial charge in [0.25, 0.3) is 0 Å². The zero-order valence-corrected chi connectivity index (χ0v) is 25.3. The van der Waals surface area contributed by atoms with Gasteiger partial charge in [0, 0.05) is 44.0 Å². The quantitative estimate of drug-likeness (QED) is 0.146. The Morgan fingerprint density at radius 1 is 0.737 bits per heavy atom. The molecule has 0 aliphatic rings. The van der Waals surface area contributed by atoms with Gasteiger partial charge in [0.1, 0.15) is 0 Å². The van der Waals surface area contributed by atoms with E-state index in [4.69, 9.17) is 21.1 Å². The maximum atomic E-state index is 10.8. The molecule has 0 bridgehead atoms. The summed E-state index contributed by atoms with van der Waals surface area (Å²) in [6, 6.07) is 28.6. The molecule has 0 saturated carbocycles. The van der Waals surface area contributed by atoms with Gasteiger partial charge in [-0.1, -0.05) is 59.8 Å². The summed E-state index contributed by atoms with van der Waals surface area (Å²) in [6.07, 6.45) is 0. The van der Waals surface area contributed by atoms with E-state index in [0.717, 1.165) is 14.7 Å². The van der Waals surface area contributed by atoms with Gasteiger partial charge in [0.15, 0.2) is 11.5 Å². The molecule has 0 aromatic heterocycles. The molecule has 0 heterocycles. The number of rotatable bonds is 6. The van der Waals surface area contributed by atoms with Gasteiger partial charge >= 0.3 is 40.9 Å².